The first-order valence-electron chi connectivity index (χ1n) is 12.3. The number of thiophene rings is 1. The molecular formula is C28H41ClO3S. The summed E-state index contributed by atoms with van der Waals surface area (Å²) >= 11 is 7.75. The van der Waals surface area contributed by atoms with Crippen LogP contribution in [0.1, 0.15) is 111 Å². The van der Waals surface area contributed by atoms with Gasteiger partial charge in [-0.05, 0) is 60.9 Å². The summed E-state index contributed by atoms with van der Waals surface area (Å²) in [5.41, 5.74) is 3.52. The van der Waals surface area contributed by atoms with E-state index in [1.54, 1.807) is 0 Å². The average Bonchev–Trinajstić information content (AvgIpc) is 3.50. The van der Waals surface area contributed by atoms with Crippen molar-refractivity contribution in [2.45, 2.75) is 91.6 Å². The van der Waals surface area contributed by atoms with Crippen molar-refractivity contribution < 1.29 is 14.6 Å². The maximum absolute atomic E-state index is 11.0. The lowest BCUT2D eigenvalue weighted by atomic mass is 9.99. The number of rotatable bonds is 9. The molecule has 0 saturated heterocycles. The summed E-state index contributed by atoms with van der Waals surface area (Å²) in [6, 6.07) is 12.1. The second-order valence-electron chi connectivity index (χ2n) is 7.88. The van der Waals surface area contributed by atoms with Gasteiger partial charge in [0.2, 0.25) is 0 Å². The molecule has 3 rings (SSSR count). The monoisotopic (exact) mass is 492 g/mol. The molecule has 3 nitrogen and oxygen atoms in total. The summed E-state index contributed by atoms with van der Waals surface area (Å²) in [6.07, 6.45) is 9.42. The number of methoxy groups -OCH3 is 1. The average molecular weight is 493 g/mol. The van der Waals surface area contributed by atoms with E-state index in [2.05, 4.69) is 30.7 Å². The third-order valence-electron chi connectivity index (χ3n) is 5.42. The van der Waals surface area contributed by atoms with Crippen LogP contribution in [0.15, 0.2) is 41.4 Å². The molecule has 1 aliphatic carbocycles. The van der Waals surface area contributed by atoms with E-state index >= 15 is 0 Å². The van der Waals surface area contributed by atoms with Gasteiger partial charge in [0.25, 0.3) is 0 Å². The number of hydrogen-bond donors (Lipinski definition) is 1. The minimum Gasteiger partial charge on any atom is -0.465 e. The van der Waals surface area contributed by atoms with Gasteiger partial charge >= 0.3 is 5.97 Å². The van der Waals surface area contributed by atoms with Crippen molar-refractivity contribution in [2.75, 3.05) is 7.11 Å². The minimum absolute atomic E-state index is 0.234. The summed E-state index contributed by atoms with van der Waals surface area (Å²) < 4.78 is 4.60. The van der Waals surface area contributed by atoms with Crippen LogP contribution in [0.2, 0.25) is 0 Å². The SMILES string of the molecule is CC.CCCCC[C@@H](O)c1ccc(C2=C(Cl)CCC2)cc1.CCCc1ccc(C(=O)OC)s1. The standard InChI is InChI=1S/C17H23ClO.C9H12O2S.C2H6/c1-2-3-4-8-17(19)14-11-9-13(10-12-14)15-6-5-7-16(15)18;1-3-4-7-5-6-8(12-7)9(10)11-2;1-2/h9-12,17,19H,2-8H2,1H3;5-6H,3-4H2,1-2H3;1-2H3/t17-;;/m1../s1. The summed E-state index contributed by atoms with van der Waals surface area (Å²) in [4.78, 5) is 13.0. The van der Waals surface area contributed by atoms with Crippen LogP contribution in [-0.2, 0) is 11.2 Å². The van der Waals surface area contributed by atoms with Crippen LogP contribution < -0.4 is 0 Å². The zero-order valence-electron chi connectivity index (χ0n) is 21.0. The molecule has 1 aromatic heterocycles. The Hall–Kier alpha value is -1.62. The molecule has 2 aromatic rings. The molecule has 0 radical (unpaired) electrons. The Morgan fingerprint density at radius 1 is 1.06 bits per heavy atom. The predicted octanol–water partition coefficient (Wildman–Crippen LogP) is 8.95. The van der Waals surface area contributed by atoms with E-state index < -0.39 is 0 Å². The second kappa shape index (κ2) is 16.9. The maximum atomic E-state index is 11.0. The van der Waals surface area contributed by atoms with Crippen LogP contribution in [0.25, 0.3) is 5.57 Å². The molecule has 0 amide bonds. The Morgan fingerprint density at radius 2 is 1.76 bits per heavy atom. The molecule has 5 heteroatoms. The summed E-state index contributed by atoms with van der Waals surface area (Å²) in [7, 11) is 1.40. The molecular weight excluding hydrogens is 452 g/mol. The van der Waals surface area contributed by atoms with Crippen molar-refractivity contribution in [3.05, 3.63) is 62.3 Å². The van der Waals surface area contributed by atoms with Gasteiger partial charge < -0.3 is 9.84 Å². The molecule has 0 saturated carbocycles. The summed E-state index contributed by atoms with van der Waals surface area (Å²) in [5.74, 6) is -0.234. The van der Waals surface area contributed by atoms with Crippen LogP contribution in [-0.4, -0.2) is 18.2 Å². The van der Waals surface area contributed by atoms with Crippen molar-refractivity contribution in [1.82, 2.24) is 0 Å². The third-order valence-corrected chi connectivity index (χ3v) is 6.96. The first kappa shape index (κ1) is 29.4. The van der Waals surface area contributed by atoms with E-state index in [1.165, 1.54) is 47.3 Å². The fourth-order valence-electron chi connectivity index (χ4n) is 3.64. The Labute approximate surface area is 209 Å². The number of carbonyl (C=O) groups is 1. The van der Waals surface area contributed by atoms with E-state index in [9.17, 15) is 9.90 Å². The van der Waals surface area contributed by atoms with Crippen molar-refractivity contribution in [1.29, 1.82) is 0 Å². The molecule has 0 spiro atoms. The molecule has 1 N–H and O–H groups in total. The van der Waals surface area contributed by atoms with Gasteiger partial charge in [-0.2, -0.15) is 0 Å². The summed E-state index contributed by atoms with van der Waals surface area (Å²) in [5, 5.41) is 11.1. The van der Waals surface area contributed by atoms with Crippen LogP contribution in [0.4, 0.5) is 0 Å². The predicted molar refractivity (Wildman–Crippen MR) is 143 cm³/mol. The summed E-state index contributed by atoms with van der Waals surface area (Å²) in [6.45, 7) is 8.30. The highest BCUT2D eigenvalue weighted by Crippen LogP contribution is 2.36. The van der Waals surface area contributed by atoms with E-state index in [4.69, 9.17) is 11.6 Å². The Bertz CT molecular complexity index is 839. The fourth-order valence-corrected chi connectivity index (χ4v) is 5.00. The first-order chi connectivity index (χ1) is 16.0. The van der Waals surface area contributed by atoms with Gasteiger partial charge in [-0.15, -0.1) is 11.3 Å². The van der Waals surface area contributed by atoms with Crippen molar-refractivity contribution in [3.8, 4) is 0 Å². The van der Waals surface area contributed by atoms with E-state index in [0.717, 1.165) is 55.5 Å². The third kappa shape index (κ3) is 10.0. The molecule has 1 heterocycles. The number of unbranched alkanes of at least 4 members (excludes halogenated alkanes) is 2. The number of allylic oxidation sites excluding steroid dienone is 2. The van der Waals surface area contributed by atoms with Crippen molar-refractivity contribution in [3.63, 3.8) is 0 Å². The topological polar surface area (TPSA) is 46.5 Å². The minimum atomic E-state index is -0.325. The number of aliphatic hydroxyl groups is 1. The molecule has 0 aliphatic heterocycles. The number of halogens is 1. The maximum Gasteiger partial charge on any atom is 0.348 e. The van der Waals surface area contributed by atoms with Crippen LogP contribution >= 0.6 is 22.9 Å². The Kier molecular flexibility index (Phi) is 15.1. The highest BCUT2D eigenvalue weighted by atomic mass is 35.5. The normalized spacial score (nSPS) is 13.5. The number of aryl methyl sites for hydroxylation is 1. The second-order valence-corrected chi connectivity index (χ2v) is 9.50. The van der Waals surface area contributed by atoms with E-state index in [1.807, 2.05) is 38.1 Å². The van der Waals surface area contributed by atoms with Gasteiger partial charge in [0.15, 0.2) is 0 Å². The molecule has 1 aromatic carbocycles. The van der Waals surface area contributed by atoms with Gasteiger partial charge in [-0.3, -0.25) is 0 Å². The smallest absolute Gasteiger partial charge is 0.348 e. The van der Waals surface area contributed by atoms with Crippen molar-refractivity contribution >= 4 is 34.5 Å². The van der Waals surface area contributed by atoms with E-state index in [0.29, 0.717) is 4.88 Å². The van der Waals surface area contributed by atoms with Gasteiger partial charge in [-0.1, -0.05) is 89.2 Å². The zero-order valence-corrected chi connectivity index (χ0v) is 22.5. The van der Waals surface area contributed by atoms with Gasteiger partial charge in [0, 0.05) is 9.91 Å². The van der Waals surface area contributed by atoms with E-state index in [-0.39, 0.29) is 12.1 Å². The molecule has 1 aliphatic rings. The number of aliphatic hydroxyl groups excluding tert-OH is 1. The lowest BCUT2D eigenvalue weighted by Gasteiger charge is -2.12. The Morgan fingerprint density at radius 3 is 2.30 bits per heavy atom. The number of hydrogen-bond acceptors (Lipinski definition) is 4. The number of benzene rings is 1. The number of esters is 1. The lowest BCUT2D eigenvalue weighted by molar-refractivity contribution is 0.0606. The number of carbonyl (C=O) groups excluding carboxylic acids is 1. The highest BCUT2D eigenvalue weighted by molar-refractivity contribution is 7.13. The molecule has 33 heavy (non-hydrogen) atoms. The highest BCUT2D eigenvalue weighted by Gasteiger charge is 2.15. The molecule has 184 valence electrons. The molecule has 1 atom stereocenters. The lowest BCUT2D eigenvalue weighted by Crippen LogP contribution is -1.97. The van der Waals surface area contributed by atoms with Crippen LogP contribution in [0.3, 0.4) is 0 Å². The quantitative estimate of drug-likeness (QED) is 0.280. The van der Waals surface area contributed by atoms with Gasteiger partial charge in [0.1, 0.15) is 4.88 Å². The Balaban J connectivity index is 0.000000335. The van der Waals surface area contributed by atoms with Gasteiger partial charge in [0.05, 0.1) is 13.2 Å². The molecule has 0 fully saturated rings. The van der Waals surface area contributed by atoms with Crippen LogP contribution in [0.5, 0.6) is 0 Å². The first-order valence-corrected chi connectivity index (χ1v) is 13.5. The van der Waals surface area contributed by atoms with Crippen LogP contribution in [0, 0.1) is 0 Å². The fraction of sp³-hybridized carbons (Fsp3) is 0.536. The number of ether oxygens (including phenoxy) is 1. The van der Waals surface area contributed by atoms with Gasteiger partial charge in [-0.25, -0.2) is 4.79 Å². The largest absolute Gasteiger partial charge is 0.465 e. The van der Waals surface area contributed by atoms with Crippen molar-refractivity contribution in [2.24, 2.45) is 0 Å². The molecule has 0 unspecified atom stereocenters. The molecule has 0 bridgehead atoms. The zero-order chi connectivity index (χ0) is 24.6.